The number of pyridine rings is 2. The van der Waals surface area contributed by atoms with E-state index in [1.807, 2.05) is 0 Å². The van der Waals surface area contributed by atoms with Gasteiger partial charge in [-0.25, -0.2) is 0 Å². The molecule has 0 unspecified atom stereocenters. The first-order valence-corrected chi connectivity index (χ1v) is 5.24. The molecule has 2 nitrogen and oxygen atoms in total. The molecule has 2 heteroatoms. The van der Waals surface area contributed by atoms with Gasteiger partial charge in [-0.2, -0.15) is 0 Å². The Hall–Kier alpha value is -1.70. The molecule has 2 aromatic heterocycles. The summed E-state index contributed by atoms with van der Waals surface area (Å²) in [5.74, 6) is 0. The number of aromatic nitrogens is 2. The van der Waals surface area contributed by atoms with Crippen molar-refractivity contribution >= 4 is 0 Å². The molecule has 3 rings (SSSR count). The molecule has 1 aliphatic heterocycles. The van der Waals surface area contributed by atoms with E-state index in [1.54, 1.807) is 0 Å². The predicted octanol–water partition coefficient (Wildman–Crippen LogP) is 1.36. The zero-order chi connectivity index (χ0) is 10.4. The Morgan fingerprint density at radius 1 is 0.867 bits per heavy atom. The van der Waals surface area contributed by atoms with Crippen molar-refractivity contribution in [3.05, 3.63) is 47.8 Å². The van der Waals surface area contributed by atoms with Crippen LogP contribution in [0, 0.1) is 13.8 Å². The fourth-order valence-corrected chi connectivity index (χ4v) is 2.12. The summed E-state index contributed by atoms with van der Waals surface area (Å²) in [6.07, 6.45) is 4.32. The molecule has 15 heavy (non-hydrogen) atoms. The maximum absolute atomic E-state index is 2.28. The fraction of sp³-hybridized carbons (Fsp3) is 0.231. The smallest absolute Gasteiger partial charge is 0.133 e. The molecule has 1 aliphatic rings. The summed E-state index contributed by atoms with van der Waals surface area (Å²) in [5.41, 5.74) is 5.27. The van der Waals surface area contributed by atoms with Crippen LogP contribution in [-0.2, 0) is 6.67 Å². The molecule has 0 fully saturated rings. The van der Waals surface area contributed by atoms with Gasteiger partial charge in [0.25, 0.3) is 11.4 Å². The fourth-order valence-electron chi connectivity index (χ4n) is 2.12. The third kappa shape index (κ3) is 1.25. The van der Waals surface area contributed by atoms with Gasteiger partial charge in [0.1, 0.15) is 0 Å². The Balaban J connectivity index is 2.28. The minimum atomic E-state index is 0.936. The number of rotatable bonds is 0. The molecular weight excluding hydrogens is 184 g/mol. The van der Waals surface area contributed by atoms with Gasteiger partial charge in [0, 0.05) is 24.3 Å². The molecule has 0 aromatic carbocycles. The van der Waals surface area contributed by atoms with Crippen molar-refractivity contribution in [2.75, 3.05) is 0 Å². The van der Waals surface area contributed by atoms with Crippen molar-refractivity contribution in [3.8, 4) is 11.4 Å². The summed E-state index contributed by atoms with van der Waals surface area (Å²) in [4.78, 5) is 0. The summed E-state index contributed by atoms with van der Waals surface area (Å²) in [5, 5.41) is 0. The van der Waals surface area contributed by atoms with Crippen molar-refractivity contribution in [1.82, 2.24) is 0 Å². The third-order valence-electron chi connectivity index (χ3n) is 2.95. The topological polar surface area (TPSA) is 7.76 Å². The average Bonchev–Trinajstić information content (AvgIpc) is 2.56. The Labute approximate surface area is 89.4 Å². The standard InChI is InChI=1S/C13H14N2/c1-10-3-5-14-9-15-6-4-11(2)8-13(15)12(14)7-10/h3-8H,9H2,1-2H3/q+2. The summed E-state index contributed by atoms with van der Waals surface area (Å²) in [7, 11) is 0. The third-order valence-corrected chi connectivity index (χ3v) is 2.95. The molecule has 3 heterocycles. The minimum absolute atomic E-state index is 0.936. The highest BCUT2D eigenvalue weighted by atomic mass is 15.2. The average molecular weight is 198 g/mol. The van der Waals surface area contributed by atoms with E-state index in [9.17, 15) is 0 Å². The lowest BCUT2D eigenvalue weighted by Gasteiger charge is -1.90. The monoisotopic (exact) mass is 198 g/mol. The van der Waals surface area contributed by atoms with E-state index in [4.69, 9.17) is 0 Å². The maximum Gasteiger partial charge on any atom is 0.345 e. The van der Waals surface area contributed by atoms with Crippen LogP contribution in [0.2, 0.25) is 0 Å². The van der Waals surface area contributed by atoms with Gasteiger partial charge in [-0.15, -0.1) is 9.13 Å². The van der Waals surface area contributed by atoms with E-state index in [1.165, 1.54) is 22.5 Å². The second-order valence-corrected chi connectivity index (χ2v) is 4.26. The lowest BCUT2D eigenvalue weighted by molar-refractivity contribution is -0.877. The van der Waals surface area contributed by atoms with Crippen LogP contribution >= 0.6 is 0 Å². The van der Waals surface area contributed by atoms with Crippen LogP contribution in [0.15, 0.2) is 36.7 Å². The van der Waals surface area contributed by atoms with Crippen LogP contribution in [0.25, 0.3) is 11.4 Å². The summed E-state index contributed by atoms with van der Waals surface area (Å²) in [6, 6.07) is 8.81. The second kappa shape index (κ2) is 2.89. The van der Waals surface area contributed by atoms with Gasteiger partial charge >= 0.3 is 6.67 Å². The van der Waals surface area contributed by atoms with E-state index in [2.05, 4.69) is 59.6 Å². The Kier molecular flexibility index (Phi) is 1.66. The Morgan fingerprint density at radius 2 is 1.33 bits per heavy atom. The zero-order valence-electron chi connectivity index (χ0n) is 9.07. The van der Waals surface area contributed by atoms with Crippen molar-refractivity contribution in [1.29, 1.82) is 0 Å². The molecule has 0 radical (unpaired) electrons. The number of hydrogen-bond donors (Lipinski definition) is 0. The van der Waals surface area contributed by atoms with Gasteiger partial charge in [0.2, 0.25) is 0 Å². The molecule has 0 aliphatic carbocycles. The molecule has 0 saturated carbocycles. The minimum Gasteiger partial charge on any atom is -0.133 e. The summed E-state index contributed by atoms with van der Waals surface area (Å²) >= 11 is 0. The highest BCUT2D eigenvalue weighted by molar-refractivity contribution is 5.49. The van der Waals surface area contributed by atoms with Gasteiger partial charge in [-0.1, -0.05) is 0 Å². The van der Waals surface area contributed by atoms with Gasteiger partial charge in [0.05, 0.1) is 0 Å². The number of hydrogen-bond acceptors (Lipinski definition) is 0. The Morgan fingerprint density at radius 3 is 1.80 bits per heavy atom. The predicted molar refractivity (Wildman–Crippen MR) is 57.1 cm³/mol. The van der Waals surface area contributed by atoms with Gasteiger partial charge in [0.15, 0.2) is 12.4 Å². The summed E-state index contributed by atoms with van der Waals surface area (Å²) in [6.45, 7) is 5.21. The van der Waals surface area contributed by atoms with E-state index < -0.39 is 0 Å². The van der Waals surface area contributed by atoms with E-state index >= 15 is 0 Å². The van der Waals surface area contributed by atoms with Gasteiger partial charge < -0.3 is 0 Å². The van der Waals surface area contributed by atoms with Crippen LogP contribution in [0.3, 0.4) is 0 Å². The molecule has 0 bridgehead atoms. The first-order valence-electron chi connectivity index (χ1n) is 5.24. The Bertz CT molecular complexity index is 495. The molecule has 2 aromatic rings. The highest BCUT2D eigenvalue weighted by Gasteiger charge is 2.32. The van der Waals surface area contributed by atoms with Crippen LogP contribution < -0.4 is 9.13 Å². The van der Waals surface area contributed by atoms with Crippen molar-refractivity contribution in [3.63, 3.8) is 0 Å². The number of aryl methyl sites for hydroxylation is 2. The first-order chi connectivity index (χ1) is 7.24. The molecule has 0 N–H and O–H groups in total. The number of fused-ring (bicyclic) bond motifs is 3. The van der Waals surface area contributed by atoms with Crippen LogP contribution in [0.1, 0.15) is 11.1 Å². The molecule has 74 valence electrons. The van der Waals surface area contributed by atoms with E-state index in [0.29, 0.717) is 0 Å². The lowest BCUT2D eigenvalue weighted by Crippen LogP contribution is -2.44. The molecule has 0 amide bonds. The molecule has 0 saturated heterocycles. The normalized spacial score (nSPS) is 12.4. The SMILES string of the molecule is Cc1cc[n+]2c(c1)-c1cc(C)cc[n+]1C2. The van der Waals surface area contributed by atoms with Crippen molar-refractivity contribution in [2.45, 2.75) is 20.5 Å². The van der Waals surface area contributed by atoms with Crippen molar-refractivity contribution in [2.24, 2.45) is 0 Å². The number of nitrogens with zero attached hydrogens (tertiary/aromatic N) is 2. The lowest BCUT2D eigenvalue weighted by atomic mass is 10.1. The molecular formula is C13H14N2+2. The van der Waals surface area contributed by atoms with Crippen LogP contribution in [0.5, 0.6) is 0 Å². The first kappa shape index (κ1) is 8.60. The zero-order valence-corrected chi connectivity index (χ0v) is 9.07. The largest absolute Gasteiger partial charge is 0.345 e. The quantitative estimate of drug-likeness (QED) is 0.482. The van der Waals surface area contributed by atoms with Crippen LogP contribution in [0.4, 0.5) is 0 Å². The van der Waals surface area contributed by atoms with Gasteiger partial charge in [-0.05, 0) is 25.0 Å². The van der Waals surface area contributed by atoms with E-state index in [0.717, 1.165) is 6.67 Å². The highest BCUT2D eigenvalue weighted by Crippen LogP contribution is 2.16. The van der Waals surface area contributed by atoms with Gasteiger partial charge in [-0.3, -0.25) is 0 Å². The maximum atomic E-state index is 2.28. The van der Waals surface area contributed by atoms with Crippen LogP contribution in [-0.4, -0.2) is 0 Å². The molecule has 0 spiro atoms. The van der Waals surface area contributed by atoms with Crippen molar-refractivity contribution < 1.29 is 9.13 Å². The summed E-state index contributed by atoms with van der Waals surface area (Å²) < 4.78 is 4.56. The second-order valence-electron chi connectivity index (χ2n) is 4.26. The molecule has 0 atom stereocenters. The van der Waals surface area contributed by atoms with E-state index in [-0.39, 0.29) is 0 Å².